The summed E-state index contributed by atoms with van der Waals surface area (Å²) in [4.78, 5) is 38.2. The van der Waals surface area contributed by atoms with E-state index in [0.717, 1.165) is 6.08 Å². The summed E-state index contributed by atoms with van der Waals surface area (Å²) in [5.74, 6) is -2.87. The summed E-state index contributed by atoms with van der Waals surface area (Å²) in [6.07, 6.45) is 0.840. The van der Waals surface area contributed by atoms with Crippen molar-refractivity contribution in [3.05, 3.63) is 59.7 Å². The summed E-state index contributed by atoms with van der Waals surface area (Å²) in [6, 6.07) is 8.32. The number of halogens is 2. The third-order valence-corrected chi connectivity index (χ3v) is 9.59. The number of ether oxygens (including phenoxy) is 1. The molecule has 5 nitrogen and oxygen atoms in total. The number of ketones is 2. The van der Waals surface area contributed by atoms with Gasteiger partial charge < -0.3 is 9.84 Å². The smallest absolute Gasteiger partial charge is 0.339 e. The Morgan fingerprint density at radius 3 is 2.49 bits per heavy atom. The summed E-state index contributed by atoms with van der Waals surface area (Å²) in [5.41, 5.74) is -6.04. The molecule has 0 spiro atoms. The average molecular weight is 485 g/mol. The molecule has 0 aromatic heterocycles. The maximum absolute atomic E-state index is 17.2. The number of carbonyl (C=O) groups excluding carboxylic acids is 3. The zero-order chi connectivity index (χ0) is 25.4. The van der Waals surface area contributed by atoms with Crippen molar-refractivity contribution in [2.45, 2.75) is 70.0 Å². The number of hydrogen-bond acceptors (Lipinski definition) is 5. The molecule has 0 unspecified atom stereocenters. The van der Waals surface area contributed by atoms with Crippen molar-refractivity contribution in [1.29, 1.82) is 0 Å². The fraction of sp³-hybridized carbons (Fsp3) is 0.536. The van der Waals surface area contributed by atoms with Crippen LogP contribution in [0.25, 0.3) is 0 Å². The lowest BCUT2D eigenvalue weighted by atomic mass is 9.44. The number of hydrogen-bond donors (Lipinski definition) is 1. The molecule has 0 saturated heterocycles. The van der Waals surface area contributed by atoms with Gasteiger partial charge in [-0.05, 0) is 75.3 Å². The number of rotatable bonds is 3. The Morgan fingerprint density at radius 1 is 1.14 bits per heavy atom. The third kappa shape index (κ3) is 2.97. The Kier molecular flexibility index (Phi) is 5.26. The molecule has 186 valence electrons. The van der Waals surface area contributed by atoms with Gasteiger partial charge in [-0.2, -0.15) is 0 Å². The number of allylic oxidation sites excluding steroid dienone is 4. The van der Waals surface area contributed by atoms with Gasteiger partial charge >= 0.3 is 5.97 Å². The first-order valence-electron chi connectivity index (χ1n) is 12.2. The minimum absolute atomic E-state index is 0.0535. The molecule has 35 heavy (non-hydrogen) atoms. The van der Waals surface area contributed by atoms with E-state index < -0.39 is 58.0 Å². The molecule has 4 aliphatic rings. The summed E-state index contributed by atoms with van der Waals surface area (Å²) >= 11 is 0. The van der Waals surface area contributed by atoms with Gasteiger partial charge in [-0.25, -0.2) is 13.6 Å². The molecule has 1 aromatic rings. The summed E-state index contributed by atoms with van der Waals surface area (Å²) in [7, 11) is 0. The van der Waals surface area contributed by atoms with Crippen molar-refractivity contribution in [3.63, 3.8) is 0 Å². The number of esters is 1. The van der Waals surface area contributed by atoms with Crippen molar-refractivity contribution in [1.82, 2.24) is 0 Å². The van der Waals surface area contributed by atoms with E-state index in [9.17, 15) is 19.5 Å². The van der Waals surface area contributed by atoms with Crippen LogP contribution < -0.4 is 0 Å². The van der Waals surface area contributed by atoms with Crippen LogP contribution in [0, 0.1) is 22.7 Å². The highest BCUT2D eigenvalue weighted by molar-refractivity contribution is 6.01. The first-order valence-corrected chi connectivity index (χ1v) is 12.2. The Balaban J connectivity index is 1.58. The number of benzene rings is 1. The van der Waals surface area contributed by atoms with E-state index in [1.165, 1.54) is 26.0 Å². The molecule has 5 rings (SSSR count). The minimum Gasteiger partial charge on any atom is -0.447 e. The van der Waals surface area contributed by atoms with Crippen LogP contribution in [0.15, 0.2) is 54.1 Å². The molecule has 1 aromatic carbocycles. The van der Waals surface area contributed by atoms with Gasteiger partial charge in [0.2, 0.25) is 0 Å². The molecule has 3 fully saturated rings. The quantitative estimate of drug-likeness (QED) is 0.640. The molecule has 0 aliphatic heterocycles. The fourth-order valence-corrected chi connectivity index (χ4v) is 7.80. The summed E-state index contributed by atoms with van der Waals surface area (Å²) in [6.45, 7) is 4.65. The molecule has 1 N–H and O–H groups in total. The second-order valence-electron chi connectivity index (χ2n) is 11.0. The fourth-order valence-electron chi connectivity index (χ4n) is 7.80. The van der Waals surface area contributed by atoms with E-state index in [1.807, 2.05) is 0 Å². The predicted molar refractivity (Wildman–Crippen MR) is 124 cm³/mol. The Bertz CT molecular complexity index is 1160. The van der Waals surface area contributed by atoms with Crippen LogP contribution >= 0.6 is 0 Å². The van der Waals surface area contributed by atoms with Crippen molar-refractivity contribution < 1.29 is 33.0 Å². The monoisotopic (exact) mass is 484 g/mol. The van der Waals surface area contributed by atoms with E-state index in [1.54, 1.807) is 37.3 Å². The second kappa shape index (κ2) is 7.66. The van der Waals surface area contributed by atoms with Gasteiger partial charge in [-0.15, -0.1) is 0 Å². The zero-order valence-electron chi connectivity index (χ0n) is 20.1. The van der Waals surface area contributed by atoms with Crippen molar-refractivity contribution in [3.8, 4) is 0 Å². The van der Waals surface area contributed by atoms with Crippen LogP contribution in [0.2, 0.25) is 0 Å². The number of aliphatic hydroxyl groups excluding tert-OH is 1. The molecule has 4 aliphatic carbocycles. The lowest BCUT2D eigenvalue weighted by molar-refractivity contribution is -0.221. The largest absolute Gasteiger partial charge is 0.447 e. The van der Waals surface area contributed by atoms with Gasteiger partial charge in [0.15, 0.2) is 22.8 Å². The van der Waals surface area contributed by atoms with E-state index in [4.69, 9.17) is 4.74 Å². The lowest BCUT2D eigenvalue weighted by Gasteiger charge is -2.63. The van der Waals surface area contributed by atoms with Crippen molar-refractivity contribution in [2.24, 2.45) is 22.7 Å². The molecule has 0 heterocycles. The van der Waals surface area contributed by atoms with Crippen molar-refractivity contribution in [2.75, 3.05) is 0 Å². The highest BCUT2D eigenvalue weighted by Gasteiger charge is 2.76. The maximum Gasteiger partial charge on any atom is 0.339 e. The summed E-state index contributed by atoms with van der Waals surface area (Å²) in [5, 5.41) is 11.4. The molecule has 0 bridgehead atoms. The Morgan fingerprint density at radius 2 is 1.83 bits per heavy atom. The highest BCUT2D eigenvalue weighted by Crippen LogP contribution is 2.70. The molecular weight excluding hydrogens is 454 g/mol. The highest BCUT2D eigenvalue weighted by atomic mass is 19.1. The van der Waals surface area contributed by atoms with Gasteiger partial charge in [-0.1, -0.05) is 31.2 Å². The number of aliphatic hydroxyl groups is 1. The van der Waals surface area contributed by atoms with Crippen LogP contribution in [-0.4, -0.2) is 46.2 Å². The third-order valence-electron chi connectivity index (χ3n) is 9.59. The van der Waals surface area contributed by atoms with Crippen LogP contribution in [0.5, 0.6) is 0 Å². The zero-order valence-corrected chi connectivity index (χ0v) is 20.1. The van der Waals surface area contributed by atoms with Crippen LogP contribution in [0.3, 0.4) is 0 Å². The van der Waals surface area contributed by atoms with Crippen LogP contribution in [0.1, 0.15) is 56.8 Å². The number of Topliss-reactive ketones (excluding diaryl/α,β-unsaturated/α-hetero) is 1. The second-order valence-corrected chi connectivity index (χ2v) is 11.0. The molecule has 0 amide bonds. The van der Waals surface area contributed by atoms with Gasteiger partial charge in [0.1, 0.15) is 6.17 Å². The number of fused-ring (bicyclic) bond motifs is 5. The van der Waals surface area contributed by atoms with Gasteiger partial charge in [0, 0.05) is 16.7 Å². The Hall–Kier alpha value is -2.67. The van der Waals surface area contributed by atoms with E-state index in [-0.39, 0.29) is 36.2 Å². The first-order chi connectivity index (χ1) is 16.4. The molecule has 3 saturated carbocycles. The lowest BCUT2D eigenvalue weighted by Crippen LogP contribution is -2.70. The van der Waals surface area contributed by atoms with Gasteiger partial charge in [-0.3, -0.25) is 9.59 Å². The normalized spacial score (nSPS) is 44.1. The van der Waals surface area contributed by atoms with E-state index >= 15 is 8.78 Å². The van der Waals surface area contributed by atoms with Crippen LogP contribution in [0.4, 0.5) is 8.78 Å². The molecule has 0 radical (unpaired) electrons. The predicted octanol–water partition coefficient (Wildman–Crippen LogP) is 4.49. The summed E-state index contributed by atoms with van der Waals surface area (Å²) < 4.78 is 38.7. The molecule has 7 heteroatoms. The van der Waals surface area contributed by atoms with E-state index in [0.29, 0.717) is 6.42 Å². The van der Waals surface area contributed by atoms with E-state index in [2.05, 4.69) is 0 Å². The number of alkyl halides is 2. The topological polar surface area (TPSA) is 80.7 Å². The number of carbonyl (C=O) groups is 3. The average Bonchev–Trinajstić information content (AvgIpc) is 3.10. The van der Waals surface area contributed by atoms with Crippen molar-refractivity contribution >= 4 is 17.5 Å². The molecule has 8 atom stereocenters. The SMILES string of the molecule is CC(=O)[C@@]1(OC(=O)c2ccccc2)CC[C@H]2[C@@H]3C[C@H](F)C4=CC(=O)C=C[C@]4(C)[C@@]3(F)[C@@H](O)C[C@@]21C. The van der Waals surface area contributed by atoms with Gasteiger partial charge in [0.25, 0.3) is 0 Å². The standard InChI is InChI=1S/C28H30F2O5/c1-16(31)27(35-24(34)17-7-5-4-6-8-17)12-10-19-20-14-22(29)21-13-18(32)9-11-25(21,2)28(20,30)23(33)15-26(19,27)3/h4-9,11,13,19-20,22-23,33H,10,12,14-15H2,1-3H3/t19-,20-,22-,23-,25-,26-,27-,28-/m0/s1. The van der Waals surface area contributed by atoms with Gasteiger partial charge in [0.05, 0.1) is 11.7 Å². The maximum atomic E-state index is 17.2. The first kappa shape index (κ1) is 24.0. The van der Waals surface area contributed by atoms with Crippen LogP contribution in [-0.2, 0) is 14.3 Å². The minimum atomic E-state index is -2.24. The Labute approximate surface area is 203 Å². The molecular formula is C28H30F2O5.